The lowest BCUT2D eigenvalue weighted by molar-refractivity contribution is -0.141. The van der Waals surface area contributed by atoms with E-state index in [2.05, 4.69) is 5.10 Å². The molecule has 0 aliphatic heterocycles. The molecule has 0 amide bonds. The van der Waals surface area contributed by atoms with Gasteiger partial charge in [0.1, 0.15) is 0 Å². The third kappa shape index (κ3) is 2.05. The average molecular weight is 218 g/mol. The molecule has 0 aliphatic carbocycles. The standard InChI is InChI=1S/C12H14N2O2/c1-9(12(15)16)5-6-10-8-13-14-7-3-2-4-11(10)14/h2-4,7-9H,5-6H2,1H3,(H,15,16). The SMILES string of the molecule is CC(CCc1cnn2ccccc12)C(=O)O. The third-order valence-electron chi connectivity index (χ3n) is 2.77. The number of rotatable bonds is 4. The Kier molecular flexibility index (Phi) is 2.90. The predicted octanol–water partition coefficient (Wildman–Crippen LogP) is 1.99. The molecule has 4 nitrogen and oxygen atoms in total. The molecule has 0 fully saturated rings. The van der Waals surface area contributed by atoms with Crippen LogP contribution in [0.25, 0.3) is 5.52 Å². The molecule has 1 atom stereocenters. The first kappa shape index (κ1) is 10.7. The number of hydrogen-bond acceptors (Lipinski definition) is 2. The Balaban J connectivity index is 2.13. The van der Waals surface area contributed by atoms with Crippen LogP contribution >= 0.6 is 0 Å². The summed E-state index contributed by atoms with van der Waals surface area (Å²) in [5, 5.41) is 13.0. The number of aryl methyl sites for hydroxylation is 1. The van der Waals surface area contributed by atoms with Gasteiger partial charge in [-0.15, -0.1) is 0 Å². The van der Waals surface area contributed by atoms with Gasteiger partial charge in [-0.2, -0.15) is 5.10 Å². The minimum absolute atomic E-state index is 0.307. The summed E-state index contributed by atoms with van der Waals surface area (Å²) < 4.78 is 1.81. The van der Waals surface area contributed by atoms with Crippen molar-refractivity contribution in [3.8, 4) is 0 Å². The molecule has 0 bridgehead atoms. The molecule has 0 saturated heterocycles. The van der Waals surface area contributed by atoms with Crippen molar-refractivity contribution in [2.24, 2.45) is 5.92 Å². The van der Waals surface area contributed by atoms with E-state index in [9.17, 15) is 4.79 Å². The molecular weight excluding hydrogens is 204 g/mol. The minimum Gasteiger partial charge on any atom is -0.481 e. The maximum absolute atomic E-state index is 10.7. The van der Waals surface area contributed by atoms with E-state index in [4.69, 9.17) is 5.11 Å². The second kappa shape index (κ2) is 4.35. The number of carboxylic acids is 1. The zero-order chi connectivity index (χ0) is 11.5. The molecule has 0 aliphatic rings. The van der Waals surface area contributed by atoms with Gasteiger partial charge in [0.25, 0.3) is 0 Å². The molecule has 0 radical (unpaired) electrons. The summed E-state index contributed by atoms with van der Waals surface area (Å²) in [4.78, 5) is 10.7. The molecule has 2 heterocycles. The number of hydrogen-bond donors (Lipinski definition) is 1. The van der Waals surface area contributed by atoms with Crippen LogP contribution in [0.15, 0.2) is 30.6 Å². The van der Waals surface area contributed by atoms with E-state index in [-0.39, 0.29) is 5.92 Å². The minimum atomic E-state index is -0.739. The Hall–Kier alpha value is -1.84. The van der Waals surface area contributed by atoms with Crippen LogP contribution in [0.4, 0.5) is 0 Å². The molecule has 0 aromatic carbocycles. The van der Waals surface area contributed by atoms with Crippen molar-refractivity contribution in [2.45, 2.75) is 19.8 Å². The number of pyridine rings is 1. The average Bonchev–Trinajstić information content (AvgIpc) is 2.69. The second-order valence-corrected chi connectivity index (χ2v) is 3.98. The van der Waals surface area contributed by atoms with Crippen LogP contribution in [0, 0.1) is 5.92 Å². The van der Waals surface area contributed by atoms with Gasteiger partial charge in [0, 0.05) is 6.20 Å². The van der Waals surface area contributed by atoms with E-state index < -0.39 is 5.97 Å². The van der Waals surface area contributed by atoms with E-state index in [1.807, 2.05) is 30.6 Å². The summed E-state index contributed by atoms with van der Waals surface area (Å²) in [5.74, 6) is -1.05. The Morgan fingerprint density at radius 2 is 2.38 bits per heavy atom. The summed E-state index contributed by atoms with van der Waals surface area (Å²) in [5.41, 5.74) is 2.16. The van der Waals surface area contributed by atoms with E-state index in [0.29, 0.717) is 6.42 Å². The maximum atomic E-state index is 10.7. The first-order valence-corrected chi connectivity index (χ1v) is 5.32. The Bertz CT molecular complexity index is 504. The van der Waals surface area contributed by atoms with Crippen molar-refractivity contribution in [2.75, 3.05) is 0 Å². The monoisotopic (exact) mass is 218 g/mol. The van der Waals surface area contributed by atoms with E-state index in [0.717, 1.165) is 17.5 Å². The highest BCUT2D eigenvalue weighted by atomic mass is 16.4. The number of carboxylic acid groups (broad SMARTS) is 1. The van der Waals surface area contributed by atoms with Gasteiger partial charge in [-0.3, -0.25) is 4.79 Å². The quantitative estimate of drug-likeness (QED) is 0.853. The van der Waals surface area contributed by atoms with Gasteiger partial charge in [-0.25, -0.2) is 4.52 Å². The summed E-state index contributed by atoms with van der Waals surface area (Å²) in [6.45, 7) is 1.73. The first-order valence-electron chi connectivity index (χ1n) is 5.32. The summed E-state index contributed by atoms with van der Waals surface area (Å²) >= 11 is 0. The molecule has 2 aromatic rings. The van der Waals surface area contributed by atoms with Gasteiger partial charge in [0.15, 0.2) is 0 Å². The first-order chi connectivity index (χ1) is 7.68. The van der Waals surface area contributed by atoms with Crippen molar-refractivity contribution < 1.29 is 9.90 Å². The molecule has 2 rings (SSSR count). The van der Waals surface area contributed by atoms with Crippen LogP contribution in [0.2, 0.25) is 0 Å². The lowest BCUT2D eigenvalue weighted by atomic mass is 10.0. The van der Waals surface area contributed by atoms with Crippen LogP contribution < -0.4 is 0 Å². The van der Waals surface area contributed by atoms with Crippen molar-refractivity contribution in [3.63, 3.8) is 0 Å². The van der Waals surface area contributed by atoms with Crippen molar-refractivity contribution in [3.05, 3.63) is 36.2 Å². The van der Waals surface area contributed by atoms with E-state index >= 15 is 0 Å². The van der Waals surface area contributed by atoms with Crippen molar-refractivity contribution in [1.82, 2.24) is 9.61 Å². The van der Waals surface area contributed by atoms with Crippen LogP contribution in [0.5, 0.6) is 0 Å². The molecule has 0 saturated carbocycles. The molecular formula is C12H14N2O2. The highest BCUT2D eigenvalue weighted by Gasteiger charge is 2.12. The zero-order valence-corrected chi connectivity index (χ0v) is 9.13. The molecule has 84 valence electrons. The van der Waals surface area contributed by atoms with Gasteiger partial charge in [-0.1, -0.05) is 13.0 Å². The fourth-order valence-corrected chi connectivity index (χ4v) is 1.68. The molecule has 16 heavy (non-hydrogen) atoms. The van der Waals surface area contributed by atoms with Crippen molar-refractivity contribution in [1.29, 1.82) is 0 Å². The van der Waals surface area contributed by atoms with Crippen LogP contribution in [-0.4, -0.2) is 20.7 Å². The Labute approximate surface area is 93.5 Å². The second-order valence-electron chi connectivity index (χ2n) is 3.98. The molecule has 4 heteroatoms. The largest absolute Gasteiger partial charge is 0.481 e. The Morgan fingerprint density at radius 3 is 3.12 bits per heavy atom. The normalized spacial score (nSPS) is 12.8. The van der Waals surface area contributed by atoms with E-state index in [1.165, 1.54) is 0 Å². The molecule has 1 unspecified atom stereocenters. The fourth-order valence-electron chi connectivity index (χ4n) is 1.68. The number of fused-ring (bicyclic) bond motifs is 1. The fraction of sp³-hybridized carbons (Fsp3) is 0.333. The summed E-state index contributed by atoms with van der Waals surface area (Å²) in [7, 11) is 0. The predicted molar refractivity (Wildman–Crippen MR) is 60.3 cm³/mol. The third-order valence-corrected chi connectivity index (χ3v) is 2.77. The van der Waals surface area contributed by atoms with Gasteiger partial charge in [-0.05, 0) is 30.5 Å². The van der Waals surface area contributed by atoms with Gasteiger partial charge >= 0.3 is 5.97 Å². The van der Waals surface area contributed by atoms with Crippen LogP contribution in [-0.2, 0) is 11.2 Å². The highest BCUT2D eigenvalue weighted by molar-refractivity contribution is 5.69. The van der Waals surface area contributed by atoms with Crippen molar-refractivity contribution >= 4 is 11.5 Å². The van der Waals surface area contributed by atoms with Gasteiger partial charge in [0.05, 0.1) is 17.6 Å². The van der Waals surface area contributed by atoms with E-state index in [1.54, 1.807) is 11.4 Å². The molecule has 0 spiro atoms. The lowest BCUT2D eigenvalue weighted by Gasteiger charge is -2.04. The zero-order valence-electron chi connectivity index (χ0n) is 9.13. The number of carbonyl (C=O) groups is 1. The summed E-state index contributed by atoms with van der Waals surface area (Å²) in [6.07, 6.45) is 5.09. The lowest BCUT2D eigenvalue weighted by Crippen LogP contribution is -2.10. The number of nitrogens with zero attached hydrogens (tertiary/aromatic N) is 2. The smallest absolute Gasteiger partial charge is 0.306 e. The molecule has 2 aromatic heterocycles. The maximum Gasteiger partial charge on any atom is 0.306 e. The topological polar surface area (TPSA) is 54.6 Å². The molecule has 1 N–H and O–H groups in total. The number of aromatic nitrogens is 2. The van der Waals surface area contributed by atoms with Crippen LogP contribution in [0.1, 0.15) is 18.9 Å². The van der Waals surface area contributed by atoms with Gasteiger partial charge < -0.3 is 5.11 Å². The van der Waals surface area contributed by atoms with Crippen LogP contribution in [0.3, 0.4) is 0 Å². The summed E-state index contributed by atoms with van der Waals surface area (Å²) in [6, 6.07) is 5.87. The van der Waals surface area contributed by atoms with Gasteiger partial charge in [0.2, 0.25) is 0 Å². The highest BCUT2D eigenvalue weighted by Crippen LogP contribution is 2.15. The number of aliphatic carboxylic acids is 1. The Morgan fingerprint density at radius 1 is 1.56 bits per heavy atom.